The third-order valence-electron chi connectivity index (χ3n) is 7.62. The van der Waals surface area contributed by atoms with Crippen molar-refractivity contribution < 1.29 is 34.1 Å². The quantitative estimate of drug-likeness (QED) is 0.175. The second kappa shape index (κ2) is 10.00. The lowest BCUT2D eigenvalue weighted by Crippen LogP contribution is -2.66. The number of aryl methyl sites for hydroxylation is 2. The van der Waals surface area contributed by atoms with Crippen LogP contribution in [0.25, 0.3) is 10.4 Å². The number of para-hydroxylation sites is 1. The lowest BCUT2D eigenvalue weighted by molar-refractivity contribution is -0.167. The molecule has 2 aromatic heterocycles. The van der Waals surface area contributed by atoms with Gasteiger partial charge in [-0.05, 0) is 44.6 Å². The van der Waals surface area contributed by atoms with Gasteiger partial charge in [-0.15, -0.1) is 23.1 Å². The Bertz CT molecular complexity index is 1500. The van der Waals surface area contributed by atoms with Crippen molar-refractivity contribution in [2.24, 2.45) is 11.3 Å². The number of hydrogen-bond donors (Lipinski definition) is 2. The van der Waals surface area contributed by atoms with E-state index in [1.54, 1.807) is 6.33 Å². The zero-order valence-electron chi connectivity index (χ0n) is 22.1. The molecule has 1 saturated heterocycles. The number of hydrogen-bond acceptors (Lipinski definition) is 9. The van der Waals surface area contributed by atoms with E-state index < -0.39 is 41.5 Å². The Hall–Kier alpha value is -3.35. The smallest absolute Gasteiger partial charge is 0.477 e. The lowest BCUT2D eigenvalue weighted by Gasteiger charge is -2.50. The van der Waals surface area contributed by atoms with Gasteiger partial charge in [-0.1, -0.05) is 25.1 Å². The molecule has 39 heavy (non-hydrogen) atoms. The predicted octanol–water partition coefficient (Wildman–Crippen LogP) is 4.36. The second-order valence-corrected chi connectivity index (χ2v) is 11.9. The van der Waals surface area contributed by atoms with Crippen LogP contribution in [0.2, 0.25) is 0 Å². The van der Waals surface area contributed by atoms with Crippen molar-refractivity contribution in [3.63, 3.8) is 0 Å². The number of benzene rings is 1. The number of β-lactam (4-membered cyclic amide) rings is 1. The third kappa shape index (κ3) is 4.30. The van der Waals surface area contributed by atoms with E-state index in [4.69, 9.17) is 9.47 Å². The van der Waals surface area contributed by atoms with E-state index in [1.165, 1.54) is 34.9 Å². The van der Waals surface area contributed by atoms with E-state index >= 15 is 0 Å². The van der Waals surface area contributed by atoms with Crippen molar-refractivity contribution in [3.05, 3.63) is 52.4 Å². The van der Waals surface area contributed by atoms with E-state index in [0.717, 1.165) is 21.0 Å². The van der Waals surface area contributed by atoms with Crippen molar-refractivity contribution in [2.75, 3.05) is 12.9 Å². The van der Waals surface area contributed by atoms with Gasteiger partial charge in [0.1, 0.15) is 27.6 Å². The molecule has 2 N–H and O–H groups in total. The number of ether oxygens (including phenoxy) is 2. The molecule has 4 atom stereocenters. The van der Waals surface area contributed by atoms with Crippen LogP contribution in [0.3, 0.4) is 0 Å². The molecule has 0 bridgehead atoms. The number of aliphatic hydroxyl groups excluding tert-OH is 1. The maximum Gasteiger partial charge on any atom is 0.513 e. The number of aliphatic hydroxyl groups is 1. The van der Waals surface area contributed by atoms with Gasteiger partial charge in [-0.2, -0.15) is 0 Å². The number of carbonyl (C=O) groups excluding carboxylic acids is 2. The number of amides is 1. The highest BCUT2D eigenvalue weighted by molar-refractivity contribution is 7.98. The maximum absolute atomic E-state index is 13.1. The minimum atomic E-state index is -1.23. The van der Waals surface area contributed by atoms with E-state index in [9.17, 15) is 24.6 Å². The van der Waals surface area contributed by atoms with Crippen LogP contribution in [0.1, 0.15) is 36.3 Å². The predicted molar refractivity (Wildman–Crippen MR) is 146 cm³/mol. The standard InChI is InChI=1S/C27H29N3O7S2/c1-13-7-6-8-14(2)20(13)37-26(35)36-10-9-27(4)18(16-11-29-12-28-22(38-5)24(29)39-16)19(25(33)34)30-21(27)17(15(3)31)23(30)32/h6-8,11-12,15,17,21,31H,9-10H2,1-5H3,(H,33,34)/t15-,17?,21-,27?/m1/s1. The van der Waals surface area contributed by atoms with Gasteiger partial charge in [0.15, 0.2) is 0 Å². The highest BCUT2D eigenvalue weighted by Crippen LogP contribution is 2.60. The van der Waals surface area contributed by atoms with E-state index in [0.29, 0.717) is 16.2 Å². The molecule has 5 rings (SSSR count). The highest BCUT2D eigenvalue weighted by atomic mass is 32.2. The first-order valence-corrected chi connectivity index (χ1v) is 14.4. The fourth-order valence-corrected chi connectivity index (χ4v) is 7.74. The second-order valence-electron chi connectivity index (χ2n) is 10.1. The normalized spacial score (nSPS) is 23.1. The Morgan fingerprint density at radius 2 is 1.97 bits per heavy atom. The fraction of sp³-hybridized carbons (Fsp3) is 0.407. The van der Waals surface area contributed by atoms with Crippen LogP contribution < -0.4 is 4.74 Å². The van der Waals surface area contributed by atoms with Gasteiger partial charge < -0.3 is 24.6 Å². The lowest BCUT2D eigenvalue weighted by atomic mass is 9.66. The molecular formula is C27H29N3O7S2. The number of aromatic nitrogens is 2. The van der Waals surface area contributed by atoms with E-state index in [-0.39, 0.29) is 18.7 Å². The summed E-state index contributed by atoms with van der Waals surface area (Å²) in [7, 11) is 0. The molecular weight excluding hydrogens is 542 g/mol. The Kier molecular flexibility index (Phi) is 6.98. The van der Waals surface area contributed by atoms with Gasteiger partial charge in [-0.25, -0.2) is 14.6 Å². The number of nitrogens with zero attached hydrogens (tertiary/aromatic N) is 3. The molecule has 0 aliphatic carbocycles. The molecule has 0 saturated carbocycles. The van der Waals surface area contributed by atoms with Gasteiger partial charge in [0.05, 0.1) is 29.5 Å². The number of imidazole rings is 1. The topological polar surface area (TPSA) is 131 Å². The Morgan fingerprint density at radius 3 is 2.59 bits per heavy atom. The molecule has 10 nitrogen and oxygen atoms in total. The van der Waals surface area contributed by atoms with Gasteiger partial charge in [0.2, 0.25) is 5.91 Å². The number of thiazole rings is 1. The van der Waals surface area contributed by atoms with Crippen molar-refractivity contribution in [1.82, 2.24) is 14.3 Å². The summed E-state index contributed by atoms with van der Waals surface area (Å²) in [6.45, 7) is 6.98. The van der Waals surface area contributed by atoms with Crippen LogP contribution in [0.4, 0.5) is 4.79 Å². The van der Waals surface area contributed by atoms with Crippen LogP contribution in [-0.4, -0.2) is 67.5 Å². The molecule has 12 heteroatoms. The zero-order valence-corrected chi connectivity index (χ0v) is 23.8. The van der Waals surface area contributed by atoms with Crippen molar-refractivity contribution in [2.45, 2.75) is 51.3 Å². The average Bonchev–Trinajstić information content (AvgIpc) is 3.50. The number of rotatable bonds is 8. The molecule has 4 heterocycles. The molecule has 1 aromatic carbocycles. The summed E-state index contributed by atoms with van der Waals surface area (Å²) in [6, 6.07) is 4.92. The number of carboxylic acid groups (broad SMARTS) is 1. The van der Waals surface area contributed by atoms with Crippen molar-refractivity contribution >= 4 is 51.5 Å². The van der Waals surface area contributed by atoms with Crippen LogP contribution in [0.15, 0.2) is 41.4 Å². The number of fused-ring (bicyclic) bond motifs is 2. The fourth-order valence-electron chi connectivity index (χ4n) is 5.78. The van der Waals surface area contributed by atoms with Crippen molar-refractivity contribution in [3.8, 4) is 5.75 Å². The SMILES string of the molecule is CSc1ncn2cc(C3=C(C(=O)O)N4C(=O)C([C@@H](C)O)[C@@H]4C3(C)CCOC(=O)Oc3c(C)cccc3C)sc12. The first-order chi connectivity index (χ1) is 18.5. The number of aliphatic carboxylic acids is 1. The van der Waals surface area contributed by atoms with Crippen LogP contribution >= 0.6 is 23.1 Å². The van der Waals surface area contributed by atoms with E-state index in [1.807, 2.05) is 55.8 Å². The molecule has 3 aromatic rings. The summed E-state index contributed by atoms with van der Waals surface area (Å²) in [5.41, 5.74) is 1.03. The van der Waals surface area contributed by atoms with Crippen LogP contribution in [0.5, 0.6) is 5.75 Å². The molecule has 1 fully saturated rings. The minimum Gasteiger partial charge on any atom is -0.477 e. The van der Waals surface area contributed by atoms with Gasteiger partial charge in [0, 0.05) is 17.2 Å². The highest BCUT2D eigenvalue weighted by Gasteiger charge is 2.66. The Morgan fingerprint density at radius 1 is 1.28 bits per heavy atom. The summed E-state index contributed by atoms with van der Waals surface area (Å²) >= 11 is 2.87. The molecule has 0 spiro atoms. The molecule has 0 radical (unpaired) electrons. The zero-order chi connectivity index (χ0) is 28.2. The summed E-state index contributed by atoms with van der Waals surface area (Å²) in [5.74, 6) is -2.01. The first kappa shape index (κ1) is 27.2. The molecule has 2 unspecified atom stereocenters. The largest absolute Gasteiger partial charge is 0.513 e. The number of carbonyl (C=O) groups is 3. The van der Waals surface area contributed by atoms with Crippen LogP contribution in [0, 0.1) is 25.2 Å². The Labute approximate surface area is 233 Å². The molecule has 2 aliphatic rings. The van der Waals surface area contributed by atoms with E-state index in [2.05, 4.69) is 4.98 Å². The van der Waals surface area contributed by atoms with Gasteiger partial charge in [0.25, 0.3) is 0 Å². The molecule has 1 amide bonds. The maximum atomic E-state index is 13.1. The average molecular weight is 572 g/mol. The first-order valence-electron chi connectivity index (χ1n) is 12.4. The third-order valence-corrected chi connectivity index (χ3v) is 9.56. The Balaban J connectivity index is 1.48. The van der Waals surface area contributed by atoms with Gasteiger partial charge in [-0.3, -0.25) is 9.20 Å². The monoisotopic (exact) mass is 571 g/mol. The molecule has 2 aliphatic heterocycles. The minimum absolute atomic E-state index is 0.0798. The summed E-state index contributed by atoms with van der Waals surface area (Å²) < 4.78 is 12.8. The summed E-state index contributed by atoms with van der Waals surface area (Å²) in [6.07, 6.45) is 3.75. The number of carboxylic acids is 1. The van der Waals surface area contributed by atoms with Gasteiger partial charge >= 0.3 is 12.1 Å². The molecule has 206 valence electrons. The summed E-state index contributed by atoms with van der Waals surface area (Å²) in [4.78, 5) is 45.4. The van der Waals surface area contributed by atoms with Crippen LogP contribution in [-0.2, 0) is 14.3 Å². The number of thioether (sulfide) groups is 1. The van der Waals surface area contributed by atoms with Crippen molar-refractivity contribution in [1.29, 1.82) is 0 Å². The summed E-state index contributed by atoms with van der Waals surface area (Å²) in [5, 5.41) is 21.5.